The highest BCUT2D eigenvalue weighted by molar-refractivity contribution is 6.31. The molecule has 1 aromatic heterocycles. The fraction of sp³-hybridized carbons (Fsp3) is 0.500. The van der Waals surface area contributed by atoms with Crippen LogP contribution in [0.2, 0.25) is 5.02 Å². The maximum absolute atomic E-state index is 14.5. The summed E-state index contributed by atoms with van der Waals surface area (Å²) in [7, 11) is 3.34. The van der Waals surface area contributed by atoms with Crippen molar-refractivity contribution in [1.29, 1.82) is 0 Å². The van der Waals surface area contributed by atoms with E-state index in [1.54, 1.807) is 20.2 Å². The summed E-state index contributed by atoms with van der Waals surface area (Å²) in [6, 6.07) is 10.7. The second-order valence-corrected chi connectivity index (χ2v) is 13.4. The number of nitrogens with one attached hydrogen (secondary N) is 3. The molecule has 1 fully saturated rings. The van der Waals surface area contributed by atoms with Crippen LogP contribution in [0.4, 0.5) is 0 Å². The van der Waals surface area contributed by atoms with E-state index < -0.39 is 18.1 Å². The van der Waals surface area contributed by atoms with Crippen molar-refractivity contribution in [2.75, 3.05) is 14.1 Å². The molecule has 2 aromatic carbocycles. The predicted molar refractivity (Wildman–Crippen MR) is 180 cm³/mol. The van der Waals surface area contributed by atoms with Crippen molar-refractivity contribution in [2.24, 2.45) is 5.92 Å². The van der Waals surface area contributed by atoms with Crippen molar-refractivity contribution < 1.29 is 19.2 Å². The van der Waals surface area contributed by atoms with Gasteiger partial charge in [0.05, 0.1) is 6.42 Å². The van der Waals surface area contributed by atoms with Crippen LogP contribution in [0.1, 0.15) is 75.0 Å². The van der Waals surface area contributed by atoms with Gasteiger partial charge in [-0.1, -0.05) is 87.4 Å². The lowest BCUT2D eigenvalue weighted by Crippen LogP contribution is -2.58. The van der Waals surface area contributed by atoms with Gasteiger partial charge in [0.15, 0.2) is 0 Å². The van der Waals surface area contributed by atoms with Crippen LogP contribution in [-0.2, 0) is 38.6 Å². The smallest absolute Gasteiger partial charge is 0.245 e. The Morgan fingerprint density at radius 2 is 1.67 bits per heavy atom. The summed E-state index contributed by atoms with van der Waals surface area (Å²) in [4.78, 5) is 62.2. The number of rotatable bonds is 7. The number of carbonyl (C=O) groups is 4. The zero-order chi connectivity index (χ0) is 32.8. The molecule has 3 N–H and O–H groups in total. The zero-order valence-corrected chi connectivity index (χ0v) is 27.9. The second kappa shape index (κ2) is 15.2. The number of nitrogens with zero attached hydrogens (tertiary/aromatic N) is 2. The molecule has 1 saturated carbocycles. The molecule has 2 aliphatic rings. The molecule has 0 radical (unpaired) electrons. The minimum atomic E-state index is -0.959. The number of aromatic nitrogens is 1. The first-order valence-electron chi connectivity index (χ1n) is 16.6. The fourth-order valence-electron chi connectivity index (χ4n) is 6.95. The third-order valence-corrected chi connectivity index (χ3v) is 9.96. The average molecular weight is 648 g/mol. The molecule has 1 aliphatic heterocycles. The summed E-state index contributed by atoms with van der Waals surface area (Å²) in [5, 5.41) is 7.60. The van der Waals surface area contributed by atoms with E-state index in [1.807, 2.05) is 49.5 Å². The summed E-state index contributed by atoms with van der Waals surface area (Å²) in [6.45, 7) is 2.33. The molecule has 0 saturated heterocycles. The van der Waals surface area contributed by atoms with E-state index in [4.69, 9.17) is 11.6 Å². The molecule has 246 valence electrons. The summed E-state index contributed by atoms with van der Waals surface area (Å²) in [5.74, 6) is -0.772. The minimum absolute atomic E-state index is 0.126. The van der Waals surface area contributed by atoms with E-state index in [1.165, 1.54) is 9.80 Å². The SMILES string of the molecule is CCCC[C@@H]1C(=O)N[C@@H](Cc2c[nH]c3cc(Cl)ccc23)C(=O)N(C)[C@@H](CC2CCCC2)C(=O)NCc2cccc(c2)CC(=O)N1C. The van der Waals surface area contributed by atoms with Gasteiger partial charge in [-0.3, -0.25) is 19.2 Å². The largest absolute Gasteiger partial charge is 0.361 e. The summed E-state index contributed by atoms with van der Waals surface area (Å²) >= 11 is 6.23. The van der Waals surface area contributed by atoms with Crippen LogP contribution < -0.4 is 10.6 Å². The summed E-state index contributed by atoms with van der Waals surface area (Å²) in [6.07, 6.45) is 9.12. The van der Waals surface area contributed by atoms with Gasteiger partial charge in [-0.05, 0) is 47.6 Å². The lowest BCUT2D eigenvalue weighted by atomic mass is 9.95. The van der Waals surface area contributed by atoms with Crippen LogP contribution in [0.25, 0.3) is 10.9 Å². The minimum Gasteiger partial charge on any atom is -0.361 e. The van der Waals surface area contributed by atoms with Gasteiger partial charge in [0.25, 0.3) is 0 Å². The number of likely N-dealkylation sites (N-methyl/N-ethyl adjacent to an activating group) is 2. The first kappa shape index (κ1) is 33.5. The maximum Gasteiger partial charge on any atom is 0.245 e. The van der Waals surface area contributed by atoms with Crippen molar-refractivity contribution in [2.45, 2.75) is 95.8 Å². The van der Waals surface area contributed by atoms with Crippen LogP contribution in [0.5, 0.6) is 0 Å². The Balaban J connectivity index is 1.53. The molecular formula is C36H46ClN5O4. The average Bonchev–Trinajstić information content (AvgIpc) is 3.71. The van der Waals surface area contributed by atoms with Crippen molar-refractivity contribution in [3.8, 4) is 0 Å². The zero-order valence-electron chi connectivity index (χ0n) is 27.1. The predicted octanol–water partition coefficient (Wildman–Crippen LogP) is 5.15. The van der Waals surface area contributed by atoms with Gasteiger partial charge in [0.2, 0.25) is 23.6 Å². The Bertz CT molecular complexity index is 1560. The fourth-order valence-corrected chi connectivity index (χ4v) is 7.12. The molecule has 9 nitrogen and oxygen atoms in total. The maximum atomic E-state index is 14.5. The molecule has 46 heavy (non-hydrogen) atoms. The number of fused-ring (bicyclic) bond motifs is 3. The van der Waals surface area contributed by atoms with Gasteiger partial charge >= 0.3 is 0 Å². The Morgan fingerprint density at radius 1 is 0.913 bits per heavy atom. The van der Waals surface area contributed by atoms with E-state index >= 15 is 0 Å². The highest BCUT2D eigenvalue weighted by Crippen LogP contribution is 2.30. The molecule has 4 amide bonds. The molecule has 10 heteroatoms. The van der Waals surface area contributed by atoms with Gasteiger partial charge < -0.3 is 25.4 Å². The Morgan fingerprint density at radius 3 is 2.43 bits per heavy atom. The number of hydrogen-bond donors (Lipinski definition) is 3. The number of amides is 4. The van der Waals surface area contributed by atoms with Gasteiger partial charge in [-0.15, -0.1) is 0 Å². The molecule has 3 atom stereocenters. The van der Waals surface area contributed by atoms with Crippen LogP contribution >= 0.6 is 11.6 Å². The third-order valence-electron chi connectivity index (χ3n) is 9.73. The molecule has 5 rings (SSSR count). The van der Waals surface area contributed by atoms with E-state index in [-0.39, 0.29) is 43.0 Å². The van der Waals surface area contributed by atoms with Gasteiger partial charge in [0.1, 0.15) is 18.1 Å². The van der Waals surface area contributed by atoms with Gasteiger partial charge in [-0.25, -0.2) is 0 Å². The van der Waals surface area contributed by atoms with E-state index in [2.05, 4.69) is 15.6 Å². The lowest BCUT2D eigenvalue weighted by Gasteiger charge is -2.34. The Kier molecular flexibility index (Phi) is 11.0. The van der Waals surface area contributed by atoms with E-state index in [0.29, 0.717) is 23.8 Å². The van der Waals surface area contributed by atoms with Gasteiger partial charge in [-0.2, -0.15) is 0 Å². The number of aromatic amines is 1. The summed E-state index contributed by atoms with van der Waals surface area (Å²) < 4.78 is 0. The Hall–Kier alpha value is -3.85. The van der Waals surface area contributed by atoms with Crippen LogP contribution in [0, 0.1) is 5.92 Å². The van der Waals surface area contributed by atoms with Crippen molar-refractivity contribution in [3.05, 3.63) is 70.4 Å². The van der Waals surface area contributed by atoms with Crippen molar-refractivity contribution in [3.63, 3.8) is 0 Å². The molecule has 2 bridgehead atoms. The standard InChI is InChI=1S/C36H46ClN5O4/c1-4-5-13-31-35(45)40-30(19-26-22-38-29-20-27(37)14-15-28(26)29)36(46)42(3)32(17-23-9-6-7-10-23)34(44)39-21-25-12-8-11-24(16-25)18-33(43)41(31)2/h8,11-12,14-16,20,22-23,30-32,38H,4-7,9-10,13,17-19,21H2,1-3H3,(H,39,44)(H,40,45)/t30-,31+,32-/m0/s1. The third kappa shape index (κ3) is 7.92. The van der Waals surface area contributed by atoms with Crippen LogP contribution in [-0.4, -0.2) is 70.6 Å². The quantitative estimate of drug-likeness (QED) is 0.329. The second-order valence-electron chi connectivity index (χ2n) is 13.0. The number of unbranched alkanes of at least 4 members (excludes halogenated alkanes) is 1. The lowest BCUT2D eigenvalue weighted by molar-refractivity contribution is -0.144. The summed E-state index contributed by atoms with van der Waals surface area (Å²) in [5.41, 5.74) is 3.37. The first-order chi connectivity index (χ1) is 22.1. The highest BCUT2D eigenvalue weighted by Gasteiger charge is 2.36. The van der Waals surface area contributed by atoms with Crippen molar-refractivity contribution in [1.82, 2.24) is 25.4 Å². The van der Waals surface area contributed by atoms with Gasteiger partial charge in [0, 0.05) is 49.2 Å². The molecule has 1 aliphatic carbocycles. The first-order valence-corrected chi connectivity index (χ1v) is 17.0. The van der Waals surface area contributed by atoms with Crippen molar-refractivity contribution >= 4 is 46.1 Å². The Labute approximate surface area is 276 Å². The van der Waals surface area contributed by atoms with Crippen LogP contribution in [0.15, 0.2) is 48.7 Å². The topological polar surface area (TPSA) is 115 Å². The van der Waals surface area contributed by atoms with E-state index in [9.17, 15) is 19.2 Å². The molecule has 0 spiro atoms. The number of carbonyl (C=O) groups excluding carboxylic acids is 4. The number of H-pyrrole nitrogens is 1. The van der Waals surface area contributed by atoms with E-state index in [0.717, 1.165) is 66.1 Å². The molecule has 3 aromatic rings. The number of hydrogen-bond acceptors (Lipinski definition) is 4. The molecule has 0 unspecified atom stereocenters. The monoisotopic (exact) mass is 647 g/mol. The molecule has 2 heterocycles. The normalized spacial score (nSPS) is 22.4. The number of benzene rings is 2. The van der Waals surface area contributed by atoms with Crippen LogP contribution in [0.3, 0.4) is 0 Å². The highest BCUT2D eigenvalue weighted by atomic mass is 35.5. The number of halogens is 1. The molecular weight excluding hydrogens is 602 g/mol.